The first kappa shape index (κ1) is 18.8. The molecule has 0 aliphatic carbocycles. The molecule has 0 aliphatic heterocycles. The molecular formula is C21H20BrN3O2. The van der Waals surface area contributed by atoms with Crippen LogP contribution in [0.3, 0.4) is 0 Å². The van der Waals surface area contributed by atoms with Crippen LogP contribution in [0.4, 0.5) is 0 Å². The third-order valence-corrected chi connectivity index (χ3v) is 4.54. The van der Waals surface area contributed by atoms with Crippen molar-refractivity contribution >= 4 is 21.8 Å². The van der Waals surface area contributed by atoms with Crippen LogP contribution in [-0.2, 0) is 13.2 Å². The molecule has 3 aromatic rings. The van der Waals surface area contributed by atoms with E-state index in [-0.39, 0.29) is 5.84 Å². The van der Waals surface area contributed by atoms with Gasteiger partial charge in [0.05, 0.1) is 10.0 Å². The number of amidine groups is 1. The monoisotopic (exact) mass is 425 g/mol. The van der Waals surface area contributed by atoms with Gasteiger partial charge in [-0.25, -0.2) is 0 Å². The van der Waals surface area contributed by atoms with Crippen LogP contribution < -0.4 is 21.1 Å². The molecule has 0 bridgehead atoms. The van der Waals surface area contributed by atoms with Crippen molar-refractivity contribution in [2.75, 3.05) is 0 Å². The molecule has 0 amide bonds. The molecule has 0 aromatic heterocycles. The Balaban J connectivity index is 1.84. The Labute approximate surface area is 166 Å². The number of rotatable bonds is 7. The minimum Gasteiger partial charge on any atom is -0.488 e. The Hall–Kier alpha value is -2.99. The molecule has 0 radical (unpaired) electrons. The molecule has 4 N–H and O–H groups in total. The number of benzene rings is 3. The quantitative estimate of drug-likeness (QED) is 0.257. The lowest BCUT2D eigenvalue weighted by Crippen LogP contribution is -2.17. The van der Waals surface area contributed by atoms with Gasteiger partial charge < -0.3 is 21.1 Å². The summed E-state index contributed by atoms with van der Waals surface area (Å²) in [7, 11) is 0. The van der Waals surface area contributed by atoms with Crippen LogP contribution in [0.25, 0.3) is 0 Å². The summed E-state index contributed by atoms with van der Waals surface area (Å²) in [6.07, 6.45) is 0. The third kappa shape index (κ3) is 5.01. The van der Waals surface area contributed by atoms with E-state index in [1.165, 1.54) is 0 Å². The van der Waals surface area contributed by atoms with E-state index in [2.05, 4.69) is 21.0 Å². The summed E-state index contributed by atoms with van der Waals surface area (Å²) in [4.78, 5) is 0. The minimum atomic E-state index is 0.188. The summed E-state index contributed by atoms with van der Waals surface area (Å²) in [6, 6.07) is 23.4. The maximum atomic E-state index is 5.98. The molecule has 0 saturated heterocycles. The van der Waals surface area contributed by atoms with Crippen LogP contribution in [0, 0.1) is 0 Å². The van der Waals surface area contributed by atoms with Crippen molar-refractivity contribution in [3.8, 4) is 11.5 Å². The molecule has 6 heteroatoms. The van der Waals surface area contributed by atoms with Crippen LogP contribution in [0.2, 0.25) is 0 Å². The van der Waals surface area contributed by atoms with E-state index in [0.29, 0.717) is 30.3 Å². The Bertz CT molecular complexity index is 915. The van der Waals surface area contributed by atoms with E-state index in [4.69, 9.17) is 21.1 Å². The summed E-state index contributed by atoms with van der Waals surface area (Å²) in [5, 5.41) is 3.59. The van der Waals surface area contributed by atoms with Gasteiger partial charge in [-0.05, 0) is 33.1 Å². The third-order valence-electron chi connectivity index (χ3n) is 3.92. The summed E-state index contributed by atoms with van der Waals surface area (Å²) in [6.45, 7) is 0.836. The number of ether oxygens (including phenoxy) is 2. The van der Waals surface area contributed by atoms with Crippen molar-refractivity contribution in [1.29, 1.82) is 0 Å². The second-order valence-corrected chi connectivity index (χ2v) is 6.70. The predicted molar refractivity (Wildman–Crippen MR) is 111 cm³/mol. The second-order valence-electron chi connectivity index (χ2n) is 5.84. The highest BCUT2D eigenvalue weighted by molar-refractivity contribution is 9.10. The van der Waals surface area contributed by atoms with Gasteiger partial charge in [-0.1, -0.05) is 60.7 Å². The van der Waals surface area contributed by atoms with Gasteiger partial charge >= 0.3 is 0 Å². The smallest absolute Gasteiger partial charge is 0.154 e. The molecule has 3 aromatic carbocycles. The molecule has 0 atom stereocenters. The highest BCUT2D eigenvalue weighted by Gasteiger charge is 2.14. The summed E-state index contributed by atoms with van der Waals surface area (Å²) in [5.41, 5.74) is 8.65. The average molecular weight is 426 g/mol. The topological polar surface area (TPSA) is 82.9 Å². The van der Waals surface area contributed by atoms with Crippen molar-refractivity contribution in [3.05, 3.63) is 94.0 Å². The van der Waals surface area contributed by atoms with E-state index >= 15 is 0 Å². The van der Waals surface area contributed by atoms with Gasteiger partial charge in [0, 0.05) is 6.07 Å². The second kappa shape index (κ2) is 9.09. The fraction of sp³-hybridized carbons (Fsp3) is 0.0952. The zero-order valence-electron chi connectivity index (χ0n) is 14.6. The molecule has 0 unspecified atom stereocenters. The first-order valence-corrected chi connectivity index (χ1v) is 9.17. The van der Waals surface area contributed by atoms with Crippen molar-refractivity contribution < 1.29 is 9.47 Å². The molecule has 5 nitrogen and oxygen atoms in total. The van der Waals surface area contributed by atoms with Crippen LogP contribution >= 0.6 is 15.9 Å². The molecule has 0 saturated carbocycles. The van der Waals surface area contributed by atoms with E-state index in [9.17, 15) is 0 Å². The first-order valence-electron chi connectivity index (χ1n) is 8.38. The van der Waals surface area contributed by atoms with E-state index in [1.807, 2.05) is 60.7 Å². The number of nitrogens with two attached hydrogens (primary N) is 2. The molecule has 0 heterocycles. The van der Waals surface area contributed by atoms with Crippen LogP contribution in [-0.4, -0.2) is 5.84 Å². The summed E-state index contributed by atoms with van der Waals surface area (Å²) < 4.78 is 12.7. The van der Waals surface area contributed by atoms with Gasteiger partial charge in [0.25, 0.3) is 0 Å². The van der Waals surface area contributed by atoms with Crippen molar-refractivity contribution in [2.24, 2.45) is 16.7 Å². The standard InChI is InChI=1S/C21H20BrN3O2/c22-18-11-17(21(23)25-24)19(26-13-15-7-3-1-4-8-15)12-20(18)27-14-16-9-5-2-6-10-16/h1-12H,13-14,24H2,(H2,23,25). The molecule has 0 spiro atoms. The Morgan fingerprint density at radius 1 is 0.815 bits per heavy atom. The lowest BCUT2D eigenvalue weighted by Gasteiger charge is -2.15. The summed E-state index contributed by atoms with van der Waals surface area (Å²) in [5.74, 6) is 6.75. The van der Waals surface area contributed by atoms with E-state index < -0.39 is 0 Å². The van der Waals surface area contributed by atoms with Crippen molar-refractivity contribution in [3.63, 3.8) is 0 Å². The Morgan fingerprint density at radius 2 is 1.33 bits per heavy atom. The van der Waals surface area contributed by atoms with Crippen LogP contribution in [0.1, 0.15) is 16.7 Å². The number of nitrogens with zero attached hydrogens (tertiary/aromatic N) is 1. The molecule has 0 aliphatic rings. The fourth-order valence-electron chi connectivity index (χ4n) is 2.51. The lowest BCUT2D eigenvalue weighted by molar-refractivity contribution is 0.288. The van der Waals surface area contributed by atoms with Crippen molar-refractivity contribution in [1.82, 2.24) is 0 Å². The van der Waals surface area contributed by atoms with E-state index in [1.54, 1.807) is 12.1 Å². The van der Waals surface area contributed by atoms with Gasteiger partial charge in [0.1, 0.15) is 24.7 Å². The number of halogens is 1. The number of hydrogen-bond donors (Lipinski definition) is 2. The molecule has 3 rings (SSSR count). The zero-order chi connectivity index (χ0) is 19.1. The largest absolute Gasteiger partial charge is 0.488 e. The van der Waals surface area contributed by atoms with Gasteiger partial charge in [-0.15, -0.1) is 0 Å². The predicted octanol–water partition coefficient (Wildman–Crippen LogP) is 4.19. The van der Waals surface area contributed by atoms with Crippen molar-refractivity contribution in [2.45, 2.75) is 13.2 Å². The Kier molecular flexibility index (Phi) is 6.33. The highest BCUT2D eigenvalue weighted by Crippen LogP contribution is 2.34. The minimum absolute atomic E-state index is 0.188. The van der Waals surface area contributed by atoms with Gasteiger partial charge in [0.15, 0.2) is 5.84 Å². The van der Waals surface area contributed by atoms with Gasteiger partial charge in [-0.2, -0.15) is 5.10 Å². The van der Waals surface area contributed by atoms with Gasteiger partial charge in [0.2, 0.25) is 0 Å². The average Bonchev–Trinajstić information content (AvgIpc) is 2.72. The number of hydrazone groups is 1. The molecule has 138 valence electrons. The number of hydrogen-bond acceptors (Lipinski definition) is 4. The van der Waals surface area contributed by atoms with Crippen LogP contribution in [0.5, 0.6) is 11.5 Å². The molecule has 0 fully saturated rings. The van der Waals surface area contributed by atoms with Crippen LogP contribution in [0.15, 0.2) is 82.4 Å². The summed E-state index contributed by atoms with van der Waals surface area (Å²) >= 11 is 3.52. The lowest BCUT2D eigenvalue weighted by atomic mass is 10.1. The SMILES string of the molecule is NN=C(N)c1cc(Br)c(OCc2ccccc2)cc1OCc1ccccc1. The van der Waals surface area contributed by atoms with Gasteiger partial charge in [-0.3, -0.25) is 0 Å². The highest BCUT2D eigenvalue weighted by atomic mass is 79.9. The molecule has 27 heavy (non-hydrogen) atoms. The maximum Gasteiger partial charge on any atom is 0.154 e. The first-order chi connectivity index (χ1) is 13.2. The fourth-order valence-corrected chi connectivity index (χ4v) is 2.96. The Morgan fingerprint density at radius 3 is 1.85 bits per heavy atom. The van der Waals surface area contributed by atoms with E-state index in [0.717, 1.165) is 15.6 Å². The maximum absolute atomic E-state index is 5.98. The normalized spacial score (nSPS) is 11.2. The molecular weight excluding hydrogens is 406 g/mol. The zero-order valence-corrected chi connectivity index (χ0v) is 16.2.